The molecule has 5 atom stereocenters. The molecule has 0 aromatic rings. The molecule has 0 amide bonds. The van der Waals surface area contributed by atoms with Crippen LogP contribution in [0.15, 0.2) is 0 Å². The van der Waals surface area contributed by atoms with Crippen molar-refractivity contribution in [2.75, 3.05) is 12.5 Å². The van der Waals surface area contributed by atoms with Crippen LogP contribution in [0.3, 0.4) is 0 Å². The minimum absolute atomic E-state index is 0.435. The monoisotopic (exact) mass is 256 g/mol. The summed E-state index contributed by atoms with van der Waals surface area (Å²) in [5.41, 5.74) is 0. The number of ether oxygens (including phenoxy) is 2. The van der Waals surface area contributed by atoms with Gasteiger partial charge in [-0.2, -0.15) is 0 Å². The number of hydrogen-bond donors (Lipinski definition) is 4. The maximum Gasteiger partial charge on any atom is 0.323 e. The molecule has 0 aromatic heterocycles. The molecule has 0 radical (unpaired) electrons. The van der Waals surface area contributed by atoms with Gasteiger partial charge >= 0.3 is 5.97 Å². The molecule has 1 heterocycles. The first-order chi connectivity index (χ1) is 7.51. The van der Waals surface area contributed by atoms with Crippen molar-refractivity contribution in [3.8, 4) is 0 Å². The number of aliphatic hydroxyl groups excluding tert-OH is 4. The minimum Gasteiger partial charge on any atom is -0.432 e. The Morgan fingerprint density at radius 2 is 1.88 bits per heavy atom. The van der Waals surface area contributed by atoms with Crippen molar-refractivity contribution >= 4 is 17.6 Å². The van der Waals surface area contributed by atoms with Gasteiger partial charge in [-0.05, 0) is 0 Å². The second kappa shape index (κ2) is 5.76. The molecule has 3 unspecified atom stereocenters. The van der Waals surface area contributed by atoms with Gasteiger partial charge in [0.05, 0.1) is 6.61 Å². The quantitative estimate of drug-likeness (QED) is 0.328. The van der Waals surface area contributed by atoms with E-state index in [1.54, 1.807) is 0 Å². The number of carbonyl (C=O) groups excluding carboxylic acids is 1. The Labute approximate surface area is 96.2 Å². The van der Waals surface area contributed by atoms with Crippen LogP contribution in [0, 0.1) is 0 Å². The van der Waals surface area contributed by atoms with Crippen molar-refractivity contribution in [1.29, 1.82) is 0 Å². The third kappa shape index (κ3) is 2.82. The normalized spacial score (nSPS) is 39.4. The van der Waals surface area contributed by atoms with Gasteiger partial charge in [0, 0.05) is 0 Å². The summed E-state index contributed by atoms with van der Waals surface area (Å²) >= 11 is 5.18. The number of hydrogen-bond acceptors (Lipinski definition) is 7. The van der Waals surface area contributed by atoms with Gasteiger partial charge in [-0.1, -0.05) is 0 Å². The molecule has 1 aliphatic rings. The van der Waals surface area contributed by atoms with Crippen LogP contribution < -0.4 is 0 Å². The largest absolute Gasteiger partial charge is 0.432 e. The summed E-state index contributed by atoms with van der Waals surface area (Å²) in [5, 5.41) is 37.0. The zero-order valence-electron chi connectivity index (χ0n) is 8.19. The van der Waals surface area contributed by atoms with Crippen LogP contribution >= 0.6 is 11.6 Å². The molecule has 0 saturated carbocycles. The molecular formula is C8H13ClO7. The van der Waals surface area contributed by atoms with Crippen molar-refractivity contribution < 1.29 is 34.7 Å². The van der Waals surface area contributed by atoms with Gasteiger partial charge in [0.15, 0.2) is 0 Å². The summed E-state index contributed by atoms with van der Waals surface area (Å²) in [6, 6.07) is 0. The fraction of sp³-hybridized carbons (Fsp3) is 0.875. The zero-order valence-corrected chi connectivity index (χ0v) is 8.95. The van der Waals surface area contributed by atoms with Gasteiger partial charge in [-0.25, -0.2) is 0 Å². The standard InChI is InChI=1S/C8H13ClO7/c9-1-4(11)16-8-7(14)6(13)5(12)3(2-10)15-8/h3,5-8,10,12-14H,1-2H2/t3?,5-,6?,7?,8+/m1/s1. The Balaban J connectivity index is 2.67. The third-order valence-corrected chi connectivity index (χ3v) is 2.42. The molecule has 4 N–H and O–H groups in total. The lowest BCUT2D eigenvalue weighted by atomic mass is 9.99. The molecule has 0 aromatic carbocycles. The number of alkyl halides is 1. The molecule has 1 aliphatic heterocycles. The maximum atomic E-state index is 10.9. The Hall–Kier alpha value is -0.440. The predicted molar refractivity (Wildman–Crippen MR) is 50.6 cm³/mol. The number of rotatable bonds is 3. The number of halogens is 1. The van der Waals surface area contributed by atoms with Crippen LogP contribution in [-0.4, -0.2) is 69.6 Å². The van der Waals surface area contributed by atoms with E-state index in [1.165, 1.54) is 0 Å². The zero-order chi connectivity index (χ0) is 12.3. The molecule has 0 aliphatic carbocycles. The van der Waals surface area contributed by atoms with Crippen LogP contribution in [0.1, 0.15) is 0 Å². The summed E-state index contributed by atoms with van der Waals surface area (Å²) in [6.07, 6.45) is -7.21. The van der Waals surface area contributed by atoms with E-state index in [2.05, 4.69) is 4.74 Å². The van der Waals surface area contributed by atoms with Gasteiger partial charge in [-0.15, -0.1) is 11.6 Å². The van der Waals surface area contributed by atoms with Gasteiger partial charge < -0.3 is 29.9 Å². The Morgan fingerprint density at radius 1 is 1.25 bits per heavy atom. The van der Waals surface area contributed by atoms with Gasteiger partial charge in [-0.3, -0.25) is 4.79 Å². The molecule has 16 heavy (non-hydrogen) atoms. The third-order valence-electron chi connectivity index (χ3n) is 2.21. The van der Waals surface area contributed by atoms with Crippen molar-refractivity contribution in [2.45, 2.75) is 30.7 Å². The molecule has 94 valence electrons. The predicted octanol–water partition coefficient (Wildman–Crippen LogP) is -2.43. The first kappa shape index (κ1) is 13.6. The topological polar surface area (TPSA) is 116 Å². The molecule has 0 spiro atoms. The lowest BCUT2D eigenvalue weighted by molar-refractivity contribution is -0.291. The van der Waals surface area contributed by atoms with E-state index < -0.39 is 49.2 Å². The highest BCUT2D eigenvalue weighted by atomic mass is 35.5. The SMILES string of the molecule is O=C(CCl)O[C@@H]1OC(CO)[C@@H](O)C(O)C1O. The van der Waals surface area contributed by atoms with Crippen LogP contribution in [0.25, 0.3) is 0 Å². The van der Waals surface area contributed by atoms with Gasteiger partial charge in [0.2, 0.25) is 6.29 Å². The summed E-state index contributed by atoms with van der Waals surface area (Å²) in [7, 11) is 0. The molecule has 0 bridgehead atoms. The molecule has 1 fully saturated rings. The summed E-state index contributed by atoms with van der Waals surface area (Å²) < 4.78 is 9.47. The van der Waals surface area contributed by atoms with Crippen molar-refractivity contribution in [3.63, 3.8) is 0 Å². The van der Waals surface area contributed by atoms with E-state index in [-0.39, 0.29) is 0 Å². The Bertz CT molecular complexity index is 247. The summed E-state index contributed by atoms with van der Waals surface area (Å²) in [6.45, 7) is -0.583. The highest BCUT2D eigenvalue weighted by Crippen LogP contribution is 2.21. The fourth-order valence-electron chi connectivity index (χ4n) is 1.33. The first-order valence-electron chi connectivity index (χ1n) is 4.57. The van der Waals surface area contributed by atoms with E-state index in [4.69, 9.17) is 21.4 Å². The molecule has 1 saturated heterocycles. The number of aliphatic hydroxyl groups is 4. The number of esters is 1. The van der Waals surface area contributed by atoms with E-state index >= 15 is 0 Å². The van der Waals surface area contributed by atoms with Crippen molar-refractivity contribution in [1.82, 2.24) is 0 Å². The Morgan fingerprint density at radius 3 is 2.38 bits per heavy atom. The van der Waals surface area contributed by atoms with Crippen LogP contribution in [0.4, 0.5) is 0 Å². The second-order valence-corrected chi connectivity index (χ2v) is 3.59. The summed E-state index contributed by atoms with van der Waals surface area (Å²) in [4.78, 5) is 10.9. The van der Waals surface area contributed by atoms with E-state index in [9.17, 15) is 20.1 Å². The van der Waals surface area contributed by atoms with Gasteiger partial charge in [0.1, 0.15) is 30.3 Å². The van der Waals surface area contributed by atoms with Crippen molar-refractivity contribution in [3.05, 3.63) is 0 Å². The summed E-state index contributed by atoms with van der Waals surface area (Å²) in [5.74, 6) is -1.28. The van der Waals surface area contributed by atoms with E-state index in [0.29, 0.717) is 0 Å². The smallest absolute Gasteiger partial charge is 0.323 e. The van der Waals surface area contributed by atoms with Crippen LogP contribution in [0.2, 0.25) is 0 Å². The molecule has 8 heteroatoms. The molecule has 1 rings (SSSR count). The highest BCUT2D eigenvalue weighted by molar-refractivity contribution is 6.26. The lowest BCUT2D eigenvalue weighted by Crippen LogP contribution is -2.59. The average molecular weight is 257 g/mol. The van der Waals surface area contributed by atoms with Crippen molar-refractivity contribution in [2.24, 2.45) is 0 Å². The molecule has 7 nitrogen and oxygen atoms in total. The molecular weight excluding hydrogens is 244 g/mol. The number of carbonyl (C=O) groups is 1. The lowest BCUT2D eigenvalue weighted by Gasteiger charge is -2.39. The average Bonchev–Trinajstić information content (AvgIpc) is 2.29. The highest BCUT2D eigenvalue weighted by Gasteiger charge is 2.45. The van der Waals surface area contributed by atoms with Gasteiger partial charge in [0.25, 0.3) is 0 Å². The van der Waals surface area contributed by atoms with E-state index in [1.807, 2.05) is 0 Å². The van der Waals surface area contributed by atoms with Crippen LogP contribution in [0.5, 0.6) is 0 Å². The van der Waals surface area contributed by atoms with E-state index in [0.717, 1.165) is 0 Å². The van der Waals surface area contributed by atoms with Crippen LogP contribution in [-0.2, 0) is 14.3 Å². The fourth-order valence-corrected chi connectivity index (χ4v) is 1.39. The first-order valence-corrected chi connectivity index (χ1v) is 5.10. The maximum absolute atomic E-state index is 10.9. The minimum atomic E-state index is -1.59. The second-order valence-electron chi connectivity index (χ2n) is 3.32. The Kier molecular flexibility index (Phi) is 4.90.